The summed E-state index contributed by atoms with van der Waals surface area (Å²) < 4.78 is 13.0. The third-order valence-corrected chi connectivity index (χ3v) is 3.25. The lowest BCUT2D eigenvalue weighted by molar-refractivity contribution is 0.628. The summed E-state index contributed by atoms with van der Waals surface area (Å²) in [7, 11) is 0. The van der Waals surface area contributed by atoms with Crippen molar-refractivity contribution >= 4 is 0 Å². The Kier molecular flexibility index (Phi) is 3.30. The molecule has 98 valence electrons. The number of pyridine rings is 1. The normalized spacial score (nSPS) is 10.5. The number of aryl methyl sites for hydroxylation is 1. The zero-order valence-corrected chi connectivity index (χ0v) is 11.2. The standard InChI is InChI=1S/C18H14FN/c1-13-5-10-18(20-12-13)16-4-2-3-15(11-16)14-6-8-17(19)9-7-14/h2-12H,1H3. The van der Waals surface area contributed by atoms with Crippen LogP contribution in [0.15, 0.2) is 66.9 Å². The van der Waals surface area contributed by atoms with E-state index in [1.165, 1.54) is 12.1 Å². The van der Waals surface area contributed by atoms with Gasteiger partial charge in [-0.3, -0.25) is 4.98 Å². The quantitative estimate of drug-likeness (QED) is 0.643. The number of rotatable bonds is 2. The number of nitrogens with zero attached hydrogens (tertiary/aromatic N) is 1. The van der Waals surface area contributed by atoms with Crippen molar-refractivity contribution in [3.05, 3.63) is 78.2 Å². The van der Waals surface area contributed by atoms with Crippen molar-refractivity contribution in [3.63, 3.8) is 0 Å². The van der Waals surface area contributed by atoms with Crippen molar-refractivity contribution in [2.24, 2.45) is 0 Å². The summed E-state index contributed by atoms with van der Waals surface area (Å²) in [5.74, 6) is -0.217. The van der Waals surface area contributed by atoms with E-state index in [4.69, 9.17) is 0 Å². The van der Waals surface area contributed by atoms with Gasteiger partial charge in [-0.05, 0) is 47.9 Å². The van der Waals surface area contributed by atoms with Crippen LogP contribution in [0.1, 0.15) is 5.56 Å². The second-order valence-electron chi connectivity index (χ2n) is 4.81. The third-order valence-electron chi connectivity index (χ3n) is 3.25. The molecule has 0 unspecified atom stereocenters. The molecule has 2 heteroatoms. The van der Waals surface area contributed by atoms with E-state index in [-0.39, 0.29) is 5.82 Å². The fourth-order valence-corrected chi connectivity index (χ4v) is 2.14. The van der Waals surface area contributed by atoms with Crippen molar-refractivity contribution in [1.82, 2.24) is 4.98 Å². The maximum absolute atomic E-state index is 13.0. The topological polar surface area (TPSA) is 12.9 Å². The molecule has 0 saturated carbocycles. The smallest absolute Gasteiger partial charge is 0.123 e. The van der Waals surface area contributed by atoms with Gasteiger partial charge in [0.1, 0.15) is 5.82 Å². The van der Waals surface area contributed by atoms with Crippen LogP contribution in [0.4, 0.5) is 4.39 Å². The van der Waals surface area contributed by atoms with Crippen LogP contribution in [0.2, 0.25) is 0 Å². The molecule has 1 heterocycles. The Morgan fingerprint density at radius 3 is 2.25 bits per heavy atom. The second kappa shape index (κ2) is 5.25. The molecule has 2 aromatic carbocycles. The average molecular weight is 263 g/mol. The number of hydrogen-bond acceptors (Lipinski definition) is 1. The first kappa shape index (κ1) is 12.5. The van der Waals surface area contributed by atoms with E-state index in [9.17, 15) is 4.39 Å². The Hall–Kier alpha value is -2.48. The number of hydrogen-bond donors (Lipinski definition) is 0. The van der Waals surface area contributed by atoms with Crippen LogP contribution in [-0.4, -0.2) is 4.98 Å². The van der Waals surface area contributed by atoms with Crippen LogP contribution in [0.5, 0.6) is 0 Å². The van der Waals surface area contributed by atoms with E-state index in [2.05, 4.69) is 11.1 Å². The summed E-state index contributed by atoms with van der Waals surface area (Å²) in [5.41, 5.74) is 5.21. The van der Waals surface area contributed by atoms with Crippen LogP contribution in [0, 0.1) is 12.7 Å². The van der Waals surface area contributed by atoms with Gasteiger partial charge >= 0.3 is 0 Å². The van der Waals surface area contributed by atoms with Gasteiger partial charge in [-0.2, -0.15) is 0 Å². The van der Waals surface area contributed by atoms with Crippen molar-refractivity contribution < 1.29 is 4.39 Å². The number of aromatic nitrogens is 1. The van der Waals surface area contributed by atoms with Gasteiger partial charge in [-0.15, -0.1) is 0 Å². The Morgan fingerprint density at radius 2 is 1.55 bits per heavy atom. The maximum atomic E-state index is 13.0. The zero-order chi connectivity index (χ0) is 13.9. The van der Waals surface area contributed by atoms with Crippen LogP contribution in [0.3, 0.4) is 0 Å². The predicted octanol–water partition coefficient (Wildman–Crippen LogP) is 4.86. The van der Waals surface area contributed by atoms with E-state index in [0.717, 1.165) is 27.9 Å². The van der Waals surface area contributed by atoms with Crippen molar-refractivity contribution in [3.8, 4) is 22.4 Å². The lowest BCUT2D eigenvalue weighted by atomic mass is 10.0. The number of benzene rings is 2. The maximum Gasteiger partial charge on any atom is 0.123 e. The van der Waals surface area contributed by atoms with Crippen molar-refractivity contribution in [2.45, 2.75) is 6.92 Å². The largest absolute Gasteiger partial charge is 0.256 e. The van der Waals surface area contributed by atoms with Crippen LogP contribution in [-0.2, 0) is 0 Å². The minimum Gasteiger partial charge on any atom is -0.256 e. The molecule has 3 rings (SSSR count). The molecule has 1 nitrogen and oxygen atoms in total. The molecule has 0 N–H and O–H groups in total. The van der Waals surface area contributed by atoms with E-state index < -0.39 is 0 Å². The lowest BCUT2D eigenvalue weighted by Crippen LogP contribution is -1.85. The molecule has 0 spiro atoms. The van der Waals surface area contributed by atoms with Crippen LogP contribution < -0.4 is 0 Å². The van der Waals surface area contributed by atoms with Crippen LogP contribution in [0.25, 0.3) is 22.4 Å². The van der Waals surface area contributed by atoms with Gasteiger partial charge in [-0.1, -0.05) is 36.4 Å². The highest BCUT2D eigenvalue weighted by molar-refractivity contribution is 5.71. The highest BCUT2D eigenvalue weighted by Crippen LogP contribution is 2.25. The summed E-state index contributed by atoms with van der Waals surface area (Å²) in [5, 5.41) is 0. The van der Waals surface area contributed by atoms with Gasteiger partial charge in [0.2, 0.25) is 0 Å². The first-order chi connectivity index (χ1) is 9.72. The molecule has 0 amide bonds. The Labute approximate surface area is 117 Å². The molecule has 0 aliphatic rings. The molecule has 0 atom stereocenters. The van der Waals surface area contributed by atoms with E-state index >= 15 is 0 Å². The molecule has 0 aliphatic carbocycles. The molecular weight excluding hydrogens is 249 g/mol. The van der Waals surface area contributed by atoms with Gasteiger partial charge in [-0.25, -0.2) is 4.39 Å². The van der Waals surface area contributed by atoms with Gasteiger partial charge in [0.25, 0.3) is 0 Å². The van der Waals surface area contributed by atoms with Gasteiger partial charge < -0.3 is 0 Å². The molecule has 3 aromatic rings. The Morgan fingerprint density at radius 1 is 0.800 bits per heavy atom. The van der Waals surface area contributed by atoms with E-state index in [1.807, 2.05) is 43.5 Å². The fourth-order valence-electron chi connectivity index (χ4n) is 2.14. The van der Waals surface area contributed by atoms with Crippen molar-refractivity contribution in [1.29, 1.82) is 0 Å². The van der Waals surface area contributed by atoms with Gasteiger partial charge in [0, 0.05) is 11.8 Å². The lowest BCUT2D eigenvalue weighted by Gasteiger charge is -2.06. The monoisotopic (exact) mass is 263 g/mol. The molecule has 1 aromatic heterocycles. The zero-order valence-electron chi connectivity index (χ0n) is 11.2. The summed E-state index contributed by atoms with van der Waals surface area (Å²) in [6, 6.07) is 18.7. The molecule has 0 fully saturated rings. The van der Waals surface area contributed by atoms with E-state index in [0.29, 0.717) is 0 Å². The first-order valence-electron chi connectivity index (χ1n) is 6.51. The van der Waals surface area contributed by atoms with Crippen LogP contribution >= 0.6 is 0 Å². The first-order valence-corrected chi connectivity index (χ1v) is 6.51. The molecule has 20 heavy (non-hydrogen) atoms. The summed E-state index contributed by atoms with van der Waals surface area (Å²) in [6.45, 7) is 2.02. The molecule has 0 aliphatic heterocycles. The molecular formula is C18H14FN. The second-order valence-corrected chi connectivity index (χ2v) is 4.81. The predicted molar refractivity (Wildman–Crippen MR) is 79.8 cm³/mol. The highest BCUT2D eigenvalue weighted by Gasteiger charge is 2.02. The van der Waals surface area contributed by atoms with Gasteiger partial charge in [0.15, 0.2) is 0 Å². The summed E-state index contributed by atoms with van der Waals surface area (Å²) in [4.78, 5) is 4.44. The minimum atomic E-state index is -0.217. The average Bonchev–Trinajstić information content (AvgIpc) is 2.49. The number of halogens is 1. The Balaban J connectivity index is 2.01. The molecule has 0 saturated heterocycles. The van der Waals surface area contributed by atoms with E-state index in [1.54, 1.807) is 12.1 Å². The third kappa shape index (κ3) is 2.59. The fraction of sp³-hybridized carbons (Fsp3) is 0.0556. The molecule has 0 bridgehead atoms. The SMILES string of the molecule is Cc1ccc(-c2cccc(-c3ccc(F)cc3)c2)nc1. The summed E-state index contributed by atoms with van der Waals surface area (Å²) in [6.07, 6.45) is 1.86. The van der Waals surface area contributed by atoms with Gasteiger partial charge in [0.05, 0.1) is 5.69 Å². The minimum absolute atomic E-state index is 0.217. The highest BCUT2D eigenvalue weighted by atomic mass is 19.1. The van der Waals surface area contributed by atoms with Crippen molar-refractivity contribution in [2.75, 3.05) is 0 Å². The molecule has 0 radical (unpaired) electrons. The summed E-state index contributed by atoms with van der Waals surface area (Å²) >= 11 is 0. The Bertz CT molecular complexity index is 654.